The average Bonchev–Trinajstić information content (AvgIpc) is 3.87. The summed E-state index contributed by atoms with van der Waals surface area (Å²) in [5.41, 5.74) is 11.5. The van der Waals surface area contributed by atoms with Gasteiger partial charge in [0.25, 0.3) is 5.91 Å². The van der Waals surface area contributed by atoms with Crippen LogP contribution in [0.1, 0.15) is 60.5 Å². The van der Waals surface area contributed by atoms with Crippen LogP contribution in [-0.4, -0.2) is 152 Å². The Balaban J connectivity index is 0.655. The summed E-state index contributed by atoms with van der Waals surface area (Å²) in [4.78, 5) is 73.3. The Hall–Kier alpha value is -6.59. The Labute approximate surface area is 377 Å². The number of hydrogen-bond acceptors (Lipinski definition) is 12. The smallest absolute Gasteiger partial charge is 0.320 e. The Morgan fingerprint density at radius 2 is 1.51 bits per heavy atom. The molecule has 17 nitrogen and oxygen atoms in total. The fraction of sp³-hybridized carbons (Fsp3) is 0.438. The van der Waals surface area contributed by atoms with Gasteiger partial charge in [-0.1, -0.05) is 18.2 Å². The normalized spacial score (nSPS) is 22.6. The van der Waals surface area contributed by atoms with Gasteiger partial charge in [-0.3, -0.25) is 29.5 Å². The highest BCUT2D eigenvalue weighted by Crippen LogP contribution is 2.37. The van der Waals surface area contributed by atoms with Gasteiger partial charge < -0.3 is 30.1 Å². The van der Waals surface area contributed by atoms with Crippen molar-refractivity contribution < 1.29 is 23.9 Å². The van der Waals surface area contributed by atoms with E-state index in [1.54, 1.807) is 4.90 Å². The summed E-state index contributed by atoms with van der Waals surface area (Å²) in [6, 6.07) is 24.0. The van der Waals surface area contributed by atoms with Crippen molar-refractivity contribution >= 4 is 46.3 Å². The van der Waals surface area contributed by atoms with Crippen LogP contribution in [0.25, 0.3) is 22.3 Å². The number of benzene rings is 3. The van der Waals surface area contributed by atoms with E-state index in [1.165, 1.54) is 6.33 Å². The van der Waals surface area contributed by atoms with Crippen molar-refractivity contribution in [3.8, 4) is 22.8 Å². The number of carbonyl (C=O) groups excluding carboxylic acids is 4. The maximum absolute atomic E-state index is 13.8. The van der Waals surface area contributed by atoms with Gasteiger partial charge in [0.05, 0.1) is 11.4 Å². The fourth-order valence-electron chi connectivity index (χ4n) is 10.8. The first kappa shape index (κ1) is 41.1. The van der Waals surface area contributed by atoms with E-state index >= 15 is 0 Å². The van der Waals surface area contributed by atoms with E-state index in [1.807, 2.05) is 81.2 Å². The Kier molecular flexibility index (Phi) is 10.8. The number of imide groups is 1. The van der Waals surface area contributed by atoms with Gasteiger partial charge in [0.15, 0.2) is 5.65 Å². The first-order valence-electron chi connectivity index (χ1n) is 23.1. The molecule has 6 aliphatic heterocycles. The van der Waals surface area contributed by atoms with Crippen molar-refractivity contribution in [3.05, 3.63) is 90.3 Å². The first-order chi connectivity index (χ1) is 31.7. The van der Waals surface area contributed by atoms with E-state index in [-0.39, 0.29) is 36.2 Å². The minimum atomic E-state index is -0.612. The number of nitrogens with one attached hydrogen (secondary N) is 1. The van der Waals surface area contributed by atoms with Crippen LogP contribution in [0.3, 0.4) is 0 Å². The number of carbonyl (C=O) groups is 4. The SMILES string of the molecule is Nc1ncnc2c1c(-c1ccc(Oc3ccccc3)cc1)nn2C1CCCN(C2CN(C(=O)N3CCC(N4CCN(c5ccc6c(c5)CN(C5CCC(=O)NC5=O)C6=O)CC4)CC3)C2)C1. The molecule has 2 atom stereocenters. The van der Waals surface area contributed by atoms with E-state index in [4.69, 9.17) is 15.6 Å². The lowest BCUT2D eigenvalue weighted by molar-refractivity contribution is -0.136. The van der Waals surface area contributed by atoms with Crippen LogP contribution in [0.15, 0.2) is 79.1 Å². The van der Waals surface area contributed by atoms with Crippen LogP contribution < -0.4 is 20.7 Å². The second kappa shape index (κ2) is 17.1. The van der Waals surface area contributed by atoms with Crippen LogP contribution in [0, 0.1) is 0 Å². The molecule has 0 radical (unpaired) electrons. The third-order valence-electron chi connectivity index (χ3n) is 14.5. The number of rotatable bonds is 8. The number of aromatic nitrogens is 4. The Morgan fingerprint density at radius 1 is 0.738 bits per heavy atom. The summed E-state index contributed by atoms with van der Waals surface area (Å²) in [5.74, 6) is 1.10. The molecule has 2 aromatic heterocycles. The lowest BCUT2D eigenvalue weighted by Gasteiger charge is -2.50. The van der Waals surface area contributed by atoms with E-state index < -0.39 is 6.04 Å². The van der Waals surface area contributed by atoms with Gasteiger partial charge in [0, 0.05) is 101 Å². The number of nitrogens with two attached hydrogens (primary N) is 1. The van der Waals surface area contributed by atoms with Gasteiger partial charge >= 0.3 is 6.03 Å². The summed E-state index contributed by atoms with van der Waals surface area (Å²) < 4.78 is 8.07. The molecule has 3 aromatic carbocycles. The average molecular weight is 879 g/mol. The summed E-state index contributed by atoms with van der Waals surface area (Å²) in [5, 5.41) is 8.29. The van der Waals surface area contributed by atoms with E-state index in [0.717, 1.165) is 136 Å². The molecule has 0 aliphatic carbocycles. The summed E-state index contributed by atoms with van der Waals surface area (Å²) in [6.07, 6.45) is 6.05. The Bertz CT molecular complexity index is 2620. The Morgan fingerprint density at radius 3 is 2.28 bits per heavy atom. The standard InChI is InChI=1S/C48H54N12O5/c49-44-42-43(31-8-11-38(12-9-31)65-37-6-2-1-3-7-37)53-60(45(42)51-30-50-44)35-5-4-18-57(27-35)36-28-58(29-36)48(64)56-19-16-33(17-20-56)54-21-23-55(24-22-54)34-10-13-39-32(25-34)26-59(47(39)63)40-14-15-41(61)52-46(40)62/h1-3,6-13,25,30,33,35-36,40H,4-5,14-24,26-29H2,(H2,49,50,51)(H,52,61,62). The lowest BCUT2D eigenvalue weighted by Crippen LogP contribution is -2.65. The highest BCUT2D eigenvalue weighted by Gasteiger charge is 2.42. The van der Waals surface area contributed by atoms with Gasteiger partial charge in [-0.15, -0.1) is 0 Å². The number of fused-ring (bicyclic) bond motifs is 2. The van der Waals surface area contributed by atoms with Crippen molar-refractivity contribution in [1.29, 1.82) is 0 Å². The number of urea groups is 1. The maximum Gasteiger partial charge on any atom is 0.320 e. The van der Waals surface area contributed by atoms with E-state index in [9.17, 15) is 19.2 Å². The molecule has 3 N–H and O–H groups in total. The predicted molar refractivity (Wildman–Crippen MR) is 243 cm³/mol. The van der Waals surface area contributed by atoms with Crippen molar-refractivity contribution in [3.63, 3.8) is 0 Å². The number of amides is 5. The number of para-hydroxylation sites is 1. The fourth-order valence-corrected chi connectivity index (χ4v) is 10.8. The molecule has 336 valence electrons. The molecule has 65 heavy (non-hydrogen) atoms. The van der Waals surface area contributed by atoms with Crippen molar-refractivity contribution in [2.45, 2.75) is 69.2 Å². The largest absolute Gasteiger partial charge is 0.457 e. The molecule has 8 heterocycles. The molecule has 17 heteroatoms. The number of ether oxygens (including phenoxy) is 1. The van der Waals surface area contributed by atoms with E-state index in [2.05, 4.69) is 36.1 Å². The number of nitrogens with zero attached hydrogens (tertiary/aromatic N) is 10. The number of anilines is 2. The topological polar surface area (TPSA) is 179 Å². The molecule has 0 spiro atoms. The van der Waals surface area contributed by atoms with Gasteiger partial charge in [-0.2, -0.15) is 5.10 Å². The summed E-state index contributed by atoms with van der Waals surface area (Å²) >= 11 is 0. The van der Waals surface area contributed by atoms with Crippen LogP contribution in [0.4, 0.5) is 16.3 Å². The molecule has 0 bridgehead atoms. The summed E-state index contributed by atoms with van der Waals surface area (Å²) in [7, 11) is 0. The molecular formula is C48H54N12O5. The third-order valence-corrected chi connectivity index (χ3v) is 14.5. The minimum absolute atomic E-state index is 0.109. The zero-order chi connectivity index (χ0) is 44.2. The van der Waals surface area contributed by atoms with Gasteiger partial charge in [-0.25, -0.2) is 19.4 Å². The van der Waals surface area contributed by atoms with Crippen LogP contribution in [0.5, 0.6) is 11.5 Å². The number of hydrogen-bond donors (Lipinski definition) is 2. The molecule has 5 aromatic rings. The molecule has 11 rings (SSSR count). The molecule has 6 aliphatic rings. The monoisotopic (exact) mass is 878 g/mol. The zero-order valence-corrected chi connectivity index (χ0v) is 36.4. The molecule has 2 unspecified atom stereocenters. The number of nitrogen functional groups attached to an aromatic ring is 1. The number of likely N-dealkylation sites (tertiary alicyclic amines) is 3. The predicted octanol–water partition coefficient (Wildman–Crippen LogP) is 4.36. The number of piperazine rings is 1. The highest BCUT2D eigenvalue weighted by atomic mass is 16.5. The third kappa shape index (κ3) is 7.90. The maximum atomic E-state index is 13.8. The van der Waals surface area contributed by atoms with Crippen LogP contribution in [0.2, 0.25) is 0 Å². The second-order valence-corrected chi connectivity index (χ2v) is 18.3. The van der Waals surface area contributed by atoms with Gasteiger partial charge in [0.1, 0.15) is 35.4 Å². The van der Waals surface area contributed by atoms with Crippen LogP contribution >= 0.6 is 0 Å². The highest BCUT2D eigenvalue weighted by molar-refractivity contribution is 6.05. The quantitative estimate of drug-likeness (QED) is 0.211. The molecule has 5 amide bonds. The van der Waals surface area contributed by atoms with Crippen molar-refractivity contribution in [1.82, 2.24) is 49.6 Å². The van der Waals surface area contributed by atoms with Crippen LogP contribution in [-0.2, 0) is 16.1 Å². The molecule has 5 fully saturated rings. The molecule has 5 saturated heterocycles. The van der Waals surface area contributed by atoms with Crippen molar-refractivity contribution in [2.24, 2.45) is 0 Å². The van der Waals surface area contributed by atoms with Gasteiger partial charge in [0.2, 0.25) is 11.8 Å². The van der Waals surface area contributed by atoms with E-state index in [0.29, 0.717) is 36.4 Å². The second-order valence-electron chi connectivity index (χ2n) is 18.3. The minimum Gasteiger partial charge on any atom is -0.457 e. The van der Waals surface area contributed by atoms with Gasteiger partial charge in [-0.05, 0) is 98.8 Å². The lowest BCUT2D eigenvalue weighted by atomic mass is 9.99. The molecular weight excluding hydrogens is 825 g/mol. The summed E-state index contributed by atoms with van der Waals surface area (Å²) in [6.45, 7) is 8.83. The number of piperidine rings is 3. The first-order valence-corrected chi connectivity index (χ1v) is 23.1. The van der Waals surface area contributed by atoms with Crippen molar-refractivity contribution in [2.75, 3.05) is 76.1 Å². The molecule has 0 saturated carbocycles. The zero-order valence-electron chi connectivity index (χ0n) is 36.4.